The molecule has 2 rings (SSSR count). The maximum absolute atomic E-state index is 12.1. The number of rotatable bonds is 5. The molecular weight excluding hydrogens is 264 g/mol. The highest BCUT2D eigenvalue weighted by atomic mass is 16.5. The molecule has 0 saturated heterocycles. The summed E-state index contributed by atoms with van der Waals surface area (Å²) in [6.45, 7) is 3.81. The summed E-state index contributed by atoms with van der Waals surface area (Å²) in [7, 11) is 0. The molecule has 4 nitrogen and oxygen atoms in total. The van der Waals surface area contributed by atoms with Crippen molar-refractivity contribution in [1.29, 1.82) is 0 Å². The zero-order valence-electron chi connectivity index (χ0n) is 12.3. The van der Waals surface area contributed by atoms with E-state index in [2.05, 4.69) is 12.2 Å². The Kier molecular flexibility index (Phi) is 4.82. The summed E-state index contributed by atoms with van der Waals surface area (Å²) in [4.78, 5) is 12.1. The zero-order chi connectivity index (χ0) is 15.2. The van der Waals surface area contributed by atoms with Gasteiger partial charge >= 0.3 is 0 Å². The van der Waals surface area contributed by atoms with Gasteiger partial charge in [-0.15, -0.1) is 0 Å². The molecule has 1 atom stereocenters. The van der Waals surface area contributed by atoms with Crippen LogP contribution in [0.3, 0.4) is 0 Å². The van der Waals surface area contributed by atoms with Crippen LogP contribution in [0.2, 0.25) is 0 Å². The number of amides is 1. The first-order chi connectivity index (χ1) is 10.1. The highest BCUT2D eigenvalue weighted by molar-refractivity contribution is 5.94. The van der Waals surface area contributed by atoms with Gasteiger partial charge in [0.05, 0.1) is 0 Å². The molecule has 2 aromatic rings. The van der Waals surface area contributed by atoms with Crippen molar-refractivity contribution >= 4 is 17.3 Å². The van der Waals surface area contributed by atoms with Gasteiger partial charge in [0.25, 0.3) is 5.91 Å². The lowest BCUT2D eigenvalue weighted by Gasteiger charge is -2.15. The molecule has 0 heterocycles. The molecule has 4 heteroatoms. The summed E-state index contributed by atoms with van der Waals surface area (Å²) in [6, 6.07) is 14.8. The monoisotopic (exact) mass is 284 g/mol. The second-order valence-corrected chi connectivity index (χ2v) is 4.87. The van der Waals surface area contributed by atoms with Gasteiger partial charge in [-0.3, -0.25) is 4.79 Å². The number of carbonyl (C=O) groups is 1. The molecule has 0 spiro atoms. The van der Waals surface area contributed by atoms with Crippen molar-refractivity contribution in [2.75, 3.05) is 11.1 Å². The van der Waals surface area contributed by atoms with Crippen molar-refractivity contribution in [2.45, 2.75) is 26.4 Å². The quantitative estimate of drug-likeness (QED) is 0.828. The predicted octanol–water partition coefficient (Wildman–Crippen LogP) is 3.24. The molecule has 1 amide bonds. The highest BCUT2D eigenvalue weighted by Gasteiger charge is 2.14. The normalized spacial score (nSPS) is 11.7. The number of nitrogen functional groups attached to an aromatic ring is 1. The van der Waals surface area contributed by atoms with Gasteiger partial charge in [-0.2, -0.15) is 0 Å². The summed E-state index contributed by atoms with van der Waals surface area (Å²) < 4.78 is 5.63. The number of anilines is 2. The largest absolute Gasteiger partial charge is 0.481 e. The van der Waals surface area contributed by atoms with Crippen molar-refractivity contribution in [3.63, 3.8) is 0 Å². The Morgan fingerprint density at radius 3 is 2.57 bits per heavy atom. The van der Waals surface area contributed by atoms with Crippen molar-refractivity contribution < 1.29 is 9.53 Å². The Morgan fingerprint density at radius 1 is 1.24 bits per heavy atom. The van der Waals surface area contributed by atoms with E-state index in [-0.39, 0.29) is 5.91 Å². The van der Waals surface area contributed by atoms with E-state index in [1.165, 1.54) is 5.56 Å². The molecule has 0 bridgehead atoms. The smallest absolute Gasteiger partial charge is 0.265 e. The van der Waals surface area contributed by atoms with E-state index in [0.29, 0.717) is 17.1 Å². The van der Waals surface area contributed by atoms with Gasteiger partial charge in [0, 0.05) is 11.4 Å². The molecule has 0 aromatic heterocycles. The van der Waals surface area contributed by atoms with Gasteiger partial charge in [-0.1, -0.05) is 25.1 Å². The van der Waals surface area contributed by atoms with E-state index >= 15 is 0 Å². The fraction of sp³-hybridized carbons (Fsp3) is 0.235. The first-order valence-corrected chi connectivity index (χ1v) is 7.00. The third-order valence-electron chi connectivity index (χ3n) is 3.17. The van der Waals surface area contributed by atoms with E-state index in [9.17, 15) is 4.79 Å². The number of hydrogen-bond donors (Lipinski definition) is 2. The van der Waals surface area contributed by atoms with Gasteiger partial charge in [0.15, 0.2) is 6.10 Å². The molecule has 0 saturated carbocycles. The summed E-state index contributed by atoms with van der Waals surface area (Å²) in [5.74, 6) is 0.475. The van der Waals surface area contributed by atoms with Gasteiger partial charge in [-0.25, -0.2) is 0 Å². The molecule has 0 fully saturated rings. The van der Waals surface area contributed by atoms with Gasteiger partial charge in [-0.05, 0) is 49.2 Å². The first kappa shape index (κ1) is 14.9. The Morgan fingerprint density at radius 2 is 1.95 bits per heavy atom. The molecule has 2 aromatic carbocycles. The van der Waals surface area contributed by atoms with Gasteiger partial charge in [0.2, 0.25) is 0 Å². The number of benzene rings is 2. The molecule has 0 aliphatic heterocycles. The van der Waals surface area contributed by atoms with Crippen LogP contribution in [0, 0.1) is 0 Å². The van der Waals surface area contributed by atoms with Crippen LogP contribution in [0.4, 0.5) is 11.4 Å². The summed E-state index contributed by atoms with van der Waals surface area (Å²) >= 11 is 0. The van der Waals surface area contributed by atoms with Crippen molar-refractivity contribution in [1.82, 2.24) is 0 Å². The lowest BCUT2D eigenvalue weighted by atomic mass is 10.2. The number of nitrogens with two attached hydrogens (primary N) is 1. The molecular formula is C17H20N2O2. The van der Waals surface area contributed by atoms with E-state index in [1.54, 1.807) is 31.2 Å². The van der Waals surface area contributed by atoms with E-state index in [4.69, 9.17) is 10.5 Å². The summed E-state index contributed by atoms with van der Waals surface area (Å²) in [5.41, 5.74) is 8.19. The van der Waals surface area contributed by atoms with Crippen LogP contribution in [0.15, 0.2) is 48.5 Å². The molecule has 110 valence electrons. The van der Waals surface area contributed by atoms with Crippen LogP contribution < -0.4 is 15.8 Å². The fourth-order valence-corrected chi connectivity index (χ4v) is 1.92. The molecule has 0 radical (unpaired) electrons. The average Bonchev–Trinajstić information content (AvgIpc) is 2.48. The molecule has 21 heavy (non-hydrogen) atoms. The number of carbonyl (C=O) groups excluding carboxylic acids is 1. The van der Waals surface area contributed by atoms with Crippen molar-refractivity contribution in [3.05, 3.63) is 54.1 Å². The predicted molar refractivity (Wildman–Crippen MR) is 85.4 cm³/mol. The maximum Gasteiger partial charge on any atom is 0.265 e. The third-order valence-corrected chi connectivity index (χ3v) is 3.17. The minimum atomic E-state index is -0.584. The van der Waals surface area contributed by atoms with Gasteiger partial charge < -0.3 is 15.8 Å². The third kappa shape index (κ3) is 4.24. The summed E-state index contributed by atoms with van der Waals surface area (Å²) in [5, 5.41) is 2.78. The van der Waals surface area contributed by atoms with E-state index < -0.39 is 6.10 Å². The van der Waals surface area contributed by atoms with E-state index in [1.807, 2.05) is 24.3 Å². The molecule has 1 unspecified atom stereocenters. The Labute approximate surface area is 124 Å². The summed E-state index contributed by atoms with van der Waals surface area (Å²) in [6.07, 6.45) is 0.394. The van der Waals surface area contributed by atoms with Gasteiger partial charge in [0.1, 0.15) is 5.75 Å². The lowest BCUT2D eigenvalue weighted by molar-refractivity contribution is -0.122. The van der Waals surface area contributed by atoms with Crippen LogP contribution in [0.1, 0.15) is 19.4 Å². The van der Waals surface area contributed by atoms with Crippen molar-refractivity contribution in [3.8, 4) is 5.75 Å². The van der Waals surface area contributed by atoms with Crippen LogP contribution in [0.25, 0.3) is 0 Å². The number of ether oxygens (including phenoxy) is 1. The van der Waals surface area contributed by atoms with E-state index in [0.717, 1.165) is 6.42 Å². The van der Waals surface area contributed by atoms with Crippen LogP contribution in [0.5, 0.6) is 5.75 Å². The van der Waals surface area contributed by atoms with Crippen LogP contribution >= 0.6 is 0 Å². The second-order valence-electron chi connectivity index (χ2n) is 4.87. The zero-order valence-corrected chi connectivity index (χ0v) is 12.3. The van der Waals surface area contributed by atoms with Crippen molar-refractivity contribution in [2.24, 2.45) is 0 Å². The van der Waals surface area contributed by atoms with Crippen LogP contribution in [-0.4, -0.2) is 12.0 Å². The Bertz CT molecular complexity index is 608. The standard InChI is InChI=1S/C17H20N2O2/c1-3-13-7-9-16(10-8-13)21-12(2)17(20)19-15-6-4-5-14(18)11-15/h4-12H,3,18H2,1-2H3,(H,19,20). The first-order valence-electron chi connectivity index (χ1n) is 7.00. The minimum Gasteiger partial charge on any atom is -0.481 e. The molecule has 3 N–H and O–H groups in total. The second kappa shape index (κ2) is 6.79. The SMILES string of the molecule is CCc1ccc(OC(C)C(=O)Nc2cccc(N)c2)cc1. The maximum atomic E-state index is 12.1. The Hall–Kier alpha value is -2.49. The molecule has 0 aliphatic carbocycles. The Balaban J connectivity index is 1.95. The number of nitrogens with one attached hydrogen (secondary N) is 1. The lowest BCUT2D eigenvalue weighted by Crippen LogP contribution is -2.30. The van der Waals surface area contributed by atoms with Crippen LogP contribution in [-0.2, 0) is 11.2 Å². The number of hydrogen-bond acceptors (Lipinski definition) is 3. The number of aryl methyl sites for hydroxylation is 1. The minimum absolute atomic E-state index is 0.208. The highest BCUT2D eigenvalue weighted by Crippen LogP contribution is 2.16. The topological polar surface area (TPSA) is 64.3 Å². The average molecular weight is 284 g/mol. The fourth-order valence-electron chi connectivity index (χ4n) is 1.92. The molecule has 0 aliphatic rings.